The average molecular weight is 174 g/mol. The number of hydrogen-bond acceptors (Lipinski definition) is 0. The molecule has 0 heterocycles. The van der Waals surface area contributed by atoms with E-state index >= 15 is 0 Å². The first-order valence-electron chi connectivity index (χ1n) is 4.83. The summed E-state index contributed by atoms with van der Waals surface area (Å²) < 4.78 is 0. The van der Waals surface area contributed by atoms with E-state index in [1.54, 1.807) is 0 Å². The zero-order chi connectivity index (χ0) is 9.84. The molecule has 1 aromatic carbocycles. The SMILES string of the molecule is C=C(C)[C@@H](C)[C@@H](C)c1ccccc1. The summed E-state index contributed by atoms with van der Waals surface area (Å²) in [6, 6.07) is 10.6. The third kappa shape index (κ3) is 2.45. The van der Waals surface area contributed by atoms with Gasteiger partial charge in [0, 0.05) is 0 Å². The van der Waals surface area contributed by atoms with E-state index in [9.17, 15) is 0 Å². The van der Waals surface area contributed by atoms with Gasteiger partial charge in [0.05, 0.1) is 0 Å². The molecule has 0 bridgehead atoms. The highest BCUT2D eigenvalue weighted by atomic mass is 14.2. The van der Waals surface area contributed by atoms with Crippen molar-refractivity contribution in [3.63, 3.8) is 0 Å². The fourth-order valence-electron chi connectivity index (χ4n) is 1.47. The molecule has 1 aromatic rings. The first-order valence-corrected chi connectivity index (χ1v) is 4.83. The lowest BCUT2D eigenvalue weighted by atomic mass is 9.85. The second kappa shape index (κ2) is 4.27. The Morgan fingerprint density at radius 3 is 2.15 bits per heavy atom. The number of rotatable bonds is 3. The largest absolute Gasteiger partial charge is 0.0998 e. The van der Waals surface area contributed by atoms with Crippen LogP contribution in [0.2, 0.25) is 0 Å². The van der Waals surface area contributed by atoms with Crippen molar-refractivity contribution < 1.29 is 0 Å². The zero-order valence-electron chi connectivity index (χ0n) is 8.75. The molecule has 0 spiro atoms. The predicted molar refractivity (Wildman–Crippen MR) is 58.8 cm³/mol. The van der Waals surface area contributed by atoms with Crippen LogP contribution in [0.25, 0.3) is 0 Å². The van der Waals surface area contributed by atoms with Gasteiger partial charge in [-0.05, 0) is 24.3 Å². The molecule has 0 N–H and O–H groups in total. The number of allylic oxidation sites excluding steroid dienone is 1. The highest BCUT2D eigenvalue weighted by Crippen LogP contribution is 2.27. The van der Waals surface area contributed by atoms with Crippen molar-refractivity contribution in [2.45, 2.75) is 26.7 Å². The minimum absolute atomic E-state index is 0.558. The van der Waals surface area contributed by atoms with Gasteiger partial charge in [0.2, 0.25) is 0 Å². The van der Waals surface area contributed by atoms with Crippen molar-refractivity contribution in [3.8, 4) is 0 Å². The molecule has 0 aliphatic heterocycles. The molecule has 0 heteroatoms. The summed E-state index contributed by atoms with van der Waals surface area (Å²) in [6.45, 7) is 10.6. The van der Waals surface area contributed by atoms with Gasteiger partial charge in [-0.1, -0.05) is 56.3 Å². The lowest BCUT2D eigenvalue weighted by Gasteiger charge is -2.20. The van der Waals surface area contributed by atoms with Crippen LogP contribution in [0.5, 0.6) is 0 Å². The first kappa shape index (κ1) is 10.0. The van der Waals surface area contributed by atoms with Crippen molar-refractivity contribution in [1.29, 1.82) is 0 Å². The van der Waals surface area contributed by atoms with E-state index in [1.165, 1.54) is 11.1 Å². The second-order valence-electron chi connectivity index (χ2n) is 3.83. The molecule has 0 aromatic heterocycles. The summed E-state index contributed by atoms with van der Waals surface area (Å²) in [4.78, 5) is 0. The van der Waals surface area contributed by atoms with Gasteiger partial charge < -0.3 is 0 Å². The molecule has 0 saturated carbocycles. The molecular weight excluding hydrogens is 156 g/mol. The molecule has 2 atom stereocenters. The summed E-state index contributed by atoms with van der Waals surface area (Å²) in [6.07, 6.45) is 0. The third-order valence-electron chi connectivity index (χ3n) is 2.85. The van der Waals surface area contributed by atoms with Crippen LogP contribution in [0.4, 0.5) is 0 Å². The summed E-state index contributed by atoms with van der Waals surface area (Å²) in [5.41, 5.74) is 2.66. The van der Waals surface area contributed by atoms with E-state index < -0.39 is 0 Å². The Balaban J connectivity index is 2.79. The van der Waals surface area contributed by atoms with Crippen molar-refractivity contribution in [2.75, 3.05) is 0 Å². The van der Waals surface area contributed by atoms with E-state index in [1.807, 2.05) is 0 Å². The molecule has 13 heavy (non-hydrogen) atoms. The van der Waals surface area contributed by atoms with Crippen molar-refractivity contribution in [2.24, 2.45) is 5.92 Å². The lowest BCUT2D eigenvalue weighted by Crippen LogP contribution is -2.06. The van der Waals surface area contributed by atoms with Crippen LogP contribution in [0.15, 0.2) is 42.5 Å². The van der Waals surface area contributed by atoms with Crippen LogP contribution >= 0.6 is 0 Å². The zero-order valence-corrected chi connectivity index (χ0v) is 8.75. The maximum atomic E-state index is 4.00. The molecule has 0 aliphatic rings. The standard InChI is InChI=1S/C13H18/c1-10(2)11(3)12(4)13-8-6-5-7-9-13/h5-9,11-12H,1H2,2-4H3/t11-,12-/m1/s1. The van der Waals surface area contributed by atoms with Gasteiger partial charge in [0.25, 0.3) is 0 Å². The van der Waals surface area contributed by atoms with E-state index in [2.05, 4.69) is 57.7 Å². The Bertz CT molecular complexity index is 271. The molecule has 0 nitrogen and oxygen atoms in total. The van der Waals surface area contributed by atoms with Crippen LogP contribution in [0.3, 0.4) is 0 Å². The molecule has 0 radical (unpaired) electrons. The summed E-state index contributed by atoms with van der Waals surface area (Å²) in [7, 11) is 0. The molecule has 1 rings (SSSR count). The molecule has 0 fully saturated rings. The van der Waals surface area contributed by atoms with Gasteiger partial charge in [-0.25, -0.2) is 0 Å². The Hall–Kier alpha value is -1.04. The highest BCUT2D eigenvalue weighted by Gasteiger charge is 2.13. The van der Waals surface area contributed by atoms with Crippen LogP contribution < -0.4 is 0 Å². The quantitative estimate of drug-likeness (QED) is 0.607. The van der Waals surface area contributed by atoms with Gasteiger partial charge in [-0.15, -0.1) is 0 Å². The van der Waals surface area contributed by atoms with Gasteiger partial charge in [0.15, 0.2) is 0 Å². The molecule has 0 amide bonds. The Morgan fingerprint density at radius 1 is 1.15 bits per heavy atom. The fourth-order valence-corrected chi connectivity index (χ4v) is 1.47. The van der Waals surface area contributed by atoms with Crippen LogP contribution in [0, 0.1) is 5.92 Å². The number of benzene rings is 1. The minimum atomic E-state index is 0.558. The maximum Gasteiger partial charge on any atom is -0.0128 e. The predicted octanol–water partition coefficient (Wildman–Crippen LogP) is 4.00. The van der Waals surface area contributed by atoms with Crippen molar-refractivity contribution >= 4 is 0 Å². The molecule has 0 saturated heterocycles. The van der Waals surface area contributed by atoms with Gasteiger partial charge in [0.1, 0.15) is 0 Å². The van der Waals surface area contributed by atoms with Crippen LogP contribution in [-0.2, 0) is 0 Å². The summed E-state index contributed by atoms with van der Waals surface area (Å²) >= 11 is 0. The number of hydrogen-bond donors (Lipinski definition) is 0. The van der Waals surface area contributed by atoms with Crippen LogP contribution in [-0.4, -0.2) is 0 Å². The normalized spacial score (nSPS) is 15.0. The average Bonchev–Trinajstić information content (AvgIpc) is 2.17. The summed E-state index contributed by atoms with van der Waals surface area (Å²) in [5, 5.41) is 0. The Labute approximate surface area is 81.3 Å². The van der Waals surface area contributed by atoms with E-state index in [0.29, 0.717) is 11.8 Å². The molecule has 0 unspecified atom stereocenters. The van der Waals surface area contributed by atoms with Crippen LogP contribution in [0.1, 0.15) is 32.3 Å². The third-order valence-corrected chi connectivity index (χ3v) is 2.85. The maximum absolute atomic E-state index is 4.00. The Morgan fingerprint density at radius 2 is 1.69 bits per heavy atom. The van der Waals surface area contributed by atoms with E-state index in [4.69, 9.17) is 0 Å². The molecule has 0 aliphatic carbocycles. The second-order valence-corrected chi connectivity index (χ2v) is 3.83. The fraction of sp³-hybridized carbons (Fsp3) is 0.385. The Kier molecular flexibility index (Phi) is 3.30. The van der Waals surface area contributed by atoms with Gasteiger partial charge in [-0.3, -0.25) is 0 Å². The topological polar surface area (TPSA) is 0 Å². The van der Waals surface area contributed by atoms with Gasteiger partial charge in [-0.2, -0.15) is 0 Å². The first-order chi connectivity index (χ1) is 6.13. The van der Waals surface area contributed by atoms with E-state index in [-0.39, 0.29) is 0 Å². The molecule has 70 valence electrons. The highest BCUT2D eigenvalue weighted by molar-refractivity contribution is 5.21. The van der Waals surface area contributed by atoms with Gasteiger partial charge >= 0.3 is 0 Å². The molecular formula is C13H18. The van der Waals surface area contributed by atoms with E-state index in [0.717, 1.165) is 0 Å². The minimum Gasteiger partial charge on any atom is -0.0998 e. The van der Waals surface area contributed by atoms with Crippen molar-refractivity contribution in [1.82, 2.24) is 0 Å². The summed E-state index contributed by atoms with van der Waals surface area (Å²) in [5.74, 6) is 1.13. The smallest absolute Gasteiger partial charge is 0.0128 e. The lowest BCUT2D eigenvalue weighted by molar-refractivity contribution is 0.562. The monoisotopic (exact) mass is 174 g/mol. The van der Waals surface area contributed by atoms with Crippen molar-refractivity contribution in [3.05, 3.63) is 48.0 Å².